The van der Waals surface area contributed by atoms with Crippen molar-refractivity contribution < 1.29 is 27.7 Å². The van der Waals surface area contributed by atoms with E-state index in [9.17, 15) is 27.6 Å². The van der Waals surface area contributed by atoms with E-state index in [-0.39, 0.29) is 18.8 Å². The lowest BCUT2D eigenvalue weighted by Crippen LogP contribution is -3.11. The van der Waals surface area contributed by atoms with Gasteiger partial charge in [0.1, 0.15) is 5.69 Å². The summed E-state index contributed by atoms with van der Waals surface area (Å²) in [5.41, 5.74) is 0.391. The van der Waals surface area contributed by atoms with Crippen LogP contribution in [0.5, 0.6) is 0 Å². The summed E-state index contributed by atoms with van der Waals surface area (Å²) in [7, 11) is 3.24. The molecule has 33 heavy (non-hydrogen) atoms. The highest BCUT2D eigenvalue weighted by Gasteiger charge is 2.21. The first-order valence-electron chi connectivity index (χ1n) is 9.98. The van der Waals surface area contributed by atoms with Gasteiger partial charge >= 0.3 is 0 Å². The third-order valence-electron chi connectivity index (χ3n) is 5.05. The quantitative estimate of drug-likeness (QED) is 0.458. The number of nitrogens with zero attached hydrogens (tertiary/aromatic N) is 2. The number of likely N-dealkylation sites (N-methyl/N-ethyl adjacent to an activating group) is 1. The van der Waals surface area contributed by atoms with Crippen LogP contribution in [0.2, 0.25) is 0 Å². The van der Waals surface area contributed by atoms with Crippen LogP contribution in [-0.2, 0) is 16.6 Å². The number of aromatic nitrogens is 2. The molecular formula is C22H23F3N5O3+. The Labute approximate surface area is 187 Å². The highest BCUT2D eigenvalue weighted by atomic mass is 19.2. The number of halogens is 3. The molecule has 1 unspecified atom stereocenters. The summed E-state index contributed by atoms with van der Waals surface area (Å²) in [6.45, 7) is 1.26. The molecule has 0 spiro atoms. The van der Waals surface area contributed by atoms with Gasteiger partial charge in [-0.1, -0.05) is 18.2 Å². The number of benzene rings is 2. The van der Waals surface area contributed by atoms with Crippen LogP contribution in [0.1, 0.15) is 5.69 Å². The molecule has 0 radical (unpaired) electrons. The molecule has 3 aromatic rings. The third-order valence-corrected chi connectivity index (χ3v) is 5.05. The number of hydrogen-bond acceptors (Lipinski definition) is 3. The lowest BCUT2D eigenvalue weighted by molar-refractivity contribution is -0.862. The first kappa shape index (κ1) is 23.8. The predicted octanol–water partition coefficient (Wildman–Crippen LogP) is 0.994. The van der Waals surface area contributed by atoms with Gasteiger partial charge in [-0.25, -0.2) is 17.9 Å². The summed E-state index contributed by atoms with van der Waals surface area (Å²) in [6, 6.07) is 10.5. The number of hydrogen-bond donors (Lipinski definition) is 3. The molecule has 174 valence electrons. The highest BCUT2D eigenvalue weighted by molar-refractivity contribution is 5.93. The molecule has 11 heteroatoms. The van der Waals surface area contributed by atoms with Crippen molar-refractivity contribution in [1.29, 1.82) is 0 Å². The predicted molar refractivity (Wildman–Crippen MR) is 116 cm³/mol. The zero-order valence-electron chi connectivity index (χ0n) is 18.2. The minimum atomic E-state index is -1.69. The van der Waals surface area contributed by atoms with E-state index in [1.165, 1.54) is 4.68 Å². The molecule has 2 amide bonds. The fourth-order valence-electron chi connectivity index (χ4n) is 3.32. The number of carbonyl (C=O) groups excluding carboxylic acids is 2. The SMILES string of the molecule is Cc1c(NC(=O)C[NH+](C)CC(=O)Nc2ccc(F)c(F)c2F)c(=O)n(-c2ccccc2)n1C. The molecule has 0 bridgehead atoms. The maximum Gasteiger partial charge on any atom is 0.295 e. The lowest BCUT2D eigenvalue weighted by atomic mass is 10.2. The standard InChI is InChI=1S/C22H22F3N5O3/c1-13-21(22(33)30(29(13)3)14-7-5-4-6-8-14)27-18(32)12-28(2)11-17(31)26-16-10-9-15(23)19(24)20(16)25/h4-10H,11-12H2,1-3H3,(H,26,31)(H,27,32)/p+1. The molecule has 8 nitrogen and oxygen atoms in total. The Kier molecular flexibility index (Phi) is 7.02. The Balaban J connectivity index is 1.64. The Morgan fingerprint density at radius 1 is 0.939 bits per heavy atom. The minimum Gasteiger partial charge on any atom is -0.322 e. The van der Waals surface area contributed by atoms with Crippen LogP contribution in [0.25, 0.3) is 5.69 Å². The van der Waals surface area contributed by atoms with E-state index in [4.69, 9.17) is 0 Å². The topological polar surface area (TPSA) is 89.6 Å². The van der Waals surface area contributed by atoms with E-state index in [1.54, 1.807) is 50.0 Å². The van der Waals surface area contributed by atoms with Gasteiger partial charge in [-0.3, -0.25) is 19.1 Å². The fraction of sp³-hybridized carbons (Fsp3) is 0.227. The zero-order valence-corrected chi connectivity index (χ0v) is 18.2. The van der Waals surface area contributed by atoms with E-state index in [0.29, 0.717) is 22.3 Å². The van der Waals surface area contributed by atoms with Crippen LogP contribution in [-0.4, -0.2) is 41.3 Å². The first-order chi connectivity index (χ1) is 15.6. The maximum atomic E-state index is 13.7. The van der Waals surface area contributed by atoms with E-state index < -0.39 is 40.5 Å². The van der Waals surface area contributed by atoms with Gasteiger partial charge in [0.15, 0.2) is 30.5 Å². The van der Waals surface area contributed by atoms with E-state index in [0.717, 1.165) is 6.07 Å². The molecule has 3 N–H and O–H groups in total. The summed E-state index contributed by atoms with van der Waals surface area (Å²) in [5, 5.41) is 4.74. The Morgan fingerprint density at radius 3 is 2.18 bits per heavy atom. The second-order valence-electron chi connectivity index (χ2n) is 7.57. The summed E-state index contributed by atoms with van der Waals surface area (Å²) >= 11 is 0. The van der Waals surface area contributed by atoms with Crippen molar-refractivity contribution >= 4 is 23.2 Å². The monoisotopic (exact) mass is 462 g/mol. The summed E-state index contributed by atoms with van der Waals surface area (Å²) < 4.78 is 43.1. The van der Waals surface area contributed by atoms with Gasteiger partial charge in [0.25, 0.3) is 17.4 Å². The van der Waals surface area contributed by atoms with Crippen molar-refractivity contribution in [2.24, 2.45) is 7.05 Å². The van der Waals surface area contributed by atoms with Gasteiger partial charge in [0.2, 0.25) is 0 Å². The smallest absolute Gasteiger partial charge is 0.295 e. The van der Waals surface area contributed by atoms with Crippen LogP contribution < -0.4 is 21.1 Å². The van der Waals surface area contributed by atoms with Crippen molar-refractivity contribution in [3.05, 3.63) is 76.0 Å². The van der Waals surface area contributed by atoms with E-state index in [1.807, 2.05) is 6.07 Å². The Bertz CT molecular complexity index is 1250. The van der Waals surface area contributed by atoms with Crippen molar-refractivity contribution in [2.45, 2.75) is 6.92 Å². The van der Waals surface area contributed by atoms with Gasteiger partial charge in [0, 0.05) is 7.05 Å². The largest absolute Gasteiger partial charge is 0.322 e. The molecule has 0 fully saturated rings. The van der Waals surface area contributed by atoms with Gasteiger partial charge < -0.3 is 15.5 Å². The van der Waals surface area contributed by atoms with Gasteiger partial charge in [-0.2, -0.15) is 0 Å². The fourth-order valence-corrected chi connectivity index (χ4v) is 3.32. The lowest BCUT2D eigenvalue weighted by Gasteiger charge is -2.14. The first-order valence-corrected chi connectivity index (χ1v) is 9.98. The summed E-state index contributed by atoms with van der Waals surface area (Å²) in [4.78, 5) is 37.9. The Morgan fingerprint density at radius 2 is 1.55 bits per heavy atom. The second kappa shape index (κ2) is 9.74. The number of carbonyl (C=O) groups is 2. The minimum absolute atomic E-state index is 0.118. The van der Waals surface area contributed by atoms with Crippen LogP contribution in [0.4, 0.5) is 24.5 Å². The molecule has 0 aliphatic carbocycles. The Hall–Kier alpha value is -3.86. The molecule has 0 aliphatic rings. The molecule has 1 atom stereocenters. The molecule has 0 saturated heterocycles. The molecule has 2 aromatic carbocycles. The van der Waals surface area contributed by atoms with Gasteiger partial charge in [0.05, 0.1) is 24.1 Å². The van der Waals surface area contributed by atoms with Gasteiger partial charge in [-0.05, 0) is 31.2 Å². The summed E-state index contributed by atoms with van der Waals surface area (Å²) in [5.74, 6) is -5.77. The number of para-hydroxylation sites is 1. The average Bonchev–Trinajstić information content (AvgIpc) is 2.97. The second-order valence-corrected chi connectivity index (χ2v) is 7.57. The number of amides is 2. The number of nitrogens with one attached hydrogen (secondary N) is 3. The number of quaternary nitrogens is 1. The zero-order chi connectivity index (χ0) is 24.3. The molecule has 0 aliphatic heterocycles. The van der Waals surface area contributed by atoms with Gasteiger partial charge in [-0.15, -0.1) is 0 Å². The van der Waals surface area contributed by atoms with Crippen molar-refractivity contribution in [2.75, 3.05) is 30.8 Å². The van der Waals surface area contributed by atoms with E-state index in [2.05, 4.69) is 10.6 Å². The van der Waals surface area contributed by atoms with Crippen LogP contribution in [0.3, 0.4) is 0 Å². The van der Waals surface area contributed by atoms with E-state index >= 15 is 0 Å². The number of rotatable bonds is 7. The van der Waals surface area contributed by atoms with Crippen LogP contribution in [0.15, 0.2) is 47.3 Å². The number of anilines is 2. The van der Waals surface area contributed by atoms with Crippen LogP contribution >= 0.6 is 0 Å². The van der Waals surface area contributed by atoms with Crippen molar-refractivity contribution in [1.82, 2.24) is 9.36 Å². The maximum absolute atomic E-state index is 13.7. The third kappa shape index (κ3) is 5.14. The molecular weight excluding hydrogens is 439 g/mol. The van der Waals surface area contributed by atoms with Crippen molar-refractivity contribution in [3.8, 4) is 5.69 Å². The summed E-state index contributed by atoms with van der Waals surface area (Å²) in [6.07, 6.45) is 0. The molecule has 1 heterocycles. The average molecular weight is 462 g/mol. The molecule has 3 rings (SSSR count). The van der Waals surface area contributed by atoms with Crippen molar-refractivity contribution in [3.63, 3.8) is 0 Å². The highest BCUT2D eigenvalue weighted by Crippen LogP contribution is 2.19. The normalized spacial score (nSPS) is 11.8. The molecule has 0 saturated carbocycles. The molecule has 1 aromatic heterocycles. The van der Waals surface area contributed by atoms with Crippen LogP contribution in [0, 0.1) is 24.4 Å².